The van der Waals surface area contributed by atoms with Gasteiger partial charge in [0, 0.05) is 11.9 Å². The van der Waals surface area contributed by atoms with Crippen molar-refractivity contribution in [2.75, 3.05) is 12.8 Å². The van der Waals surface area contributed by atoms with Gasteiger partial charge in [-0.15, -0.1) is 0 Å². The highest BCUT2D eigenvalue weighted by Gasteiger charge is 2.11. The zero-order valence-corrected chi connectivity index (χ0v) is 10.2. The molecule has 0 radical (unpaired) electrons. The second-order valence-corrected chi connectivity index (χ2v) is 4.14. The molecule has 0 atom stereocenters. The normalized spacial score (nSPS) is 10.2. The Kier molecular flexibility index (Phi) is 3.38. The number of nitrogen functional groups attached to an aromatic ring is 1. The number of rotatable bonds is 3. The highest BCUT2D eigenvalue weighted by atomic mass is 32.2. The molecule has 2 aromatic heterocycles. The first kappa shape index (κ1) is 11.6. The average molecular weight is 249 g/mol. The second kappa shape index (κ2) is 4.96. The van der Waals surface area contributed by atoms with E-state index in [1.165, 1.54) is 25.2 Å². The van der Waals surface area contributed by atoms with Crippen LogP contribution in [0.25, 0.3) is 0 Å². The van der Waals surface area contributed by atoms with Gasteiger partial charge in [-0.3, -0.25) is 0 Å². The minimum atomic E-state index is 0.357. The van der Waals surface area contributed by atoms with Crippen molar-refractivity contribution >= 4 is 17.4 Å². The van der Waals surface area contributed by atoms with Crippen LogP contribution in [0.2, 0.25) is 0 Å². The van der Waals surface area contributed by atoms with E-state index in [2.05, 4.69) is 19.9 Å². The van der Waals surface area contributed by atoms with Crippen LogP contribution >= 0.6 is 11.8 Å². The molecule has 0 spiro atoms. The molecule has 7 heteroatoms. The van der Waals surface area contributed by atoms with Crippen molar-refractivity contribution in [3.05, 3.63) is 24.3 Å². The monoisotopic (exact) mass is 249 g/mol. The smallest absolute Gasteiger partial charge is 0.241 e. The Morgan fingerprint density at radius 3 is 2.82 bits per heavy atom. The van der Waals surface area contributed by atoms with Crippen molar-refractivity contribution in [1.82, 2.24) is 19.9 Å². The first-order chi connectivity index (χ1) is 8.20. The molecule has 0 unspecified atom stereocenters. The summed E-state index contributed by atoms with van der Waals surface area (Å²) in [5.74, 6) is 0.357. The number of nitrogens with two attached hydrogens (primary N) is 1. The third kappa shape index (κ3) is 2.62. The zero-order valence-electron chi connectivity index (χ0n) is 9.41. The summed E-state index contributed by atoms with van der Waals surface area (Å²) in [6.45, 7) is 1.90. The number of methoxy groups -OCH3 is 1. The minimum absolute atomic E-state index is 0.357. The summed E-state index contributed by atoms with van der Waals surface area (Å²) in [6, 6.07) is 1.83. The number of hydrogen-bond acceptors (Lipinski definition) is 7. The predicted octanol–water partition coefficient (Wildman–Crippen LogP) is 1.32. The third-order valence-corrected chi connectivity index (χ3v) is 2.86. The third-order valence-electron chi connectivity index (χ3n) is 1.96. The summed E-state index contributed by atoms with van der Waals surface area (Å²) >= 11 is 1.28. The Morgan fingerprint density at radius 2 is 2.12 bits per heavy atom. The molecule has 17 heavy (non-hydrogen) atoms. The molecule has 0 aliphatic carbocycles. The van der Waals surface area contributed by atoms with E-state index in [4.69, 9.17) is 10.5 Å². The van der Waals surface area contributed by atoms with Gasteiger partial charge < -0.3 is 10.5 Å². The molecule has 6 nitrogen and oxygen atoms in total. The molecule has 0 amide bonds. The maximum Gasteiger partial charge on any atom is 0.241 e. The van der Waals surface area contributed by atoms with E-state index >= 15 is 0 Å². The van der Waals surface area contributed by atoms with Gasteiger partial charge in [0.2, 0.25) is 5.88 Å². The summed E-state index contributed by atoms with van der Waals surface area (Å²) in [5, 5.41) is 1.18. The highest BCUT2D eigenvalue weighted by molar-refractivity contribution is 7.99. The number of nitrogens with zero attached hydrogens (tertiary/aromatic N) is 4. The number of hydrogen-bond donors (Lipinski definition) is 1. The van der Waals surface area contributed by atoms with Crippen LogP contribution in [0.4, 0.5) is 5.69 Å². The fraction of sp³-hybridized carbons (Fsp3) is 0.200. The molecule has 0 bridgehead atoms. The predicted molar refractivity (Wildman–Crippen MR) is 63.9 cm³/mol. The number of aromatic nitrogens is 4. The SMILES string of the molecule is COc1ncnc(Sc2nccc(C)n2)c1N. The molecule has 2 N–H and O–H groups in total. The molecule has 88 valence electrons. The molecule has 0 saturated heterocycles. The van der Waals surface area contributed by atoms with Crippen LogP contribution in [-0.4, -0.2) is 27.0 Å². The molecule has 0 aromatic carbocycles. The molecule has 0 saturated carbocycles. The minimum Gasteiger partial charge on any atom is -0.479 e. The summed E-state index contributed by atoms with van der Waals surface area (Å²) in [4.78, 5) is 16.4. The standard InChI is InChI=1S/C10H11N5OS/c1-6-3-4-12-10(15-6)17-9-7(11)8(16-2)13-5-14-9/h3-5H,11H2,1-2H3. The maximum atomic E-state index is 5.85. The van der Waals surface area contributed by atoms with Crippen molar-refractivity contribution in [3.63, 3.8) is 0 Å². The van der Waals surface area contributed by atoms with Gasteiger partial charge in [0.1, 0.15) is 17.0 Å². The van der Waals surface area contributed by atoms with Gasteiger partial charge in [-0.2, -0.15) is 4.98 Å². The van der Waals surface area contributed by atoms with E-state index in [1.54, 1.807) is 6.20 Å². The number of ether oxygens (including phenoxy) is 1. The first-order valence-electron chi connectivity index (χ1n) is 4.82. The van der Waals surface area contributed by atoms with Crippen LogP contribution in [0.1, 0.15) is 5.69 Å². The summed E-state index contributed by atoms with van der Waals surface area (Å²) in [7, 11) is 1.51. The van der Waals surface area contributed by atoms with Crippen molar-refractivity contribution in [2.45, 2.75) is 17.1 Å². The van der Waals surface area contributed by atoms with E-state index in [9.17, 15) is 0 Å². The average Bonchev–Trinajstić information content (AvgIpc) is 2.32. The molecular weight excluding hydrogens is 238 g/mol. The van der Waals surface area contributed by atoms with Crippen LogP contribution in [0.5, 0.6) is 5.88 Å². The molecule has 0 aliphatic heterocycles. The lowest BCUT2D eigenvalue weighted by atomic mass is 10.5. The molecular formula is C10H11N5OS. The van der Waals surface area contributed by atoms with Gasteiger partial charge in [-0.05, 0) is 24.8 Å². The Balaban J connectivity index is 2.30. The van der Waals surface area contributed by atoms with Gasteiger partial charge in [-0.25, -0.2) is 15.0 Å². The maximum absolute atomic E-state index is 5.85. The lowest BCUT2D eigenvalue weighted by molar-refractivity contribution is 0.397. The fourth-order valence-electron chi connectivity index (χ4n) is 1.17. The number of aryl methyl sites for hydroxylation is 1. The zero-order chi connectivity index (χ0) is 12.3. The van der Waals surface area contributed by atoms with E-state index in [-0.39, 0.29) is 0 Å². The molecule has 2 rings (SSSR count). The van der Waals surface area contributed by atoms with Gasteiger partial charge in [0.25, 0.3) is 0 Å². The van der Waals surface area contributed by atoms with Crippen LogP contribution in [-0.2, 0) is 0 Å². The summed E-state index contributed by atoms with van der Waals surface area (Å²) in [6.07, 6.45) is 3.09. The molecule has 2 aromatic rings. The van der Waals surface area contributed by atoms with Crippen molar-refractivity contribution in [1.29, 1.82) is 0 Å². The Bertz CT molecular complexity index is 534. The molecule has 2 heterocycles. The summed E-state index contributed by atoms with van der Waals surface area (Å²) in [5.41, 5.74) is 7.14. The van der Waals surface area contributed by atoms with E-state index < -0.39 is 0 Å². The highest BCUT2D eigenvalue weighted by Crippen LogP contribution is 2.31. The lowest BCUT2D eigenvalue weighted by Crippen LogP contribution is -1.99. The van der Waals surface area contributed by atoms with Crippen molar-refractivity contribution in [2.24, 2.45) is 0 Å². The van der Waals surface area contributed by atoms with Gasteiger partial charge >= 0.3 is 0 Å². The van der Waals surface area contributed by atoms with Crippen molar-refractivity contribution < 1.29 is 4.74 Å². The molecule has 0 aliphatic rings. The van der Waals surface area contributed by atoms with Crippen LogP contribution in [0, 0.1) is 6.92 Å². The first-order valence-corrected chi connectivity index (χ1v) is 5.64. The second-order valence-electron chi connectivity index (χ2n) is 3.18. The van der Waals surface area contributed by atoms with Crippen LogP contribution < -0.4 is 10.5 Å². The van der Waals surface area contributed by atoms with Crippen LogP contribution in [0.15, 0.2) is 28.8 Å². The molecule has 0 fully saturated rings. The quantitative estimate of drug-likeness (QED) is 0.648. The summed E-state index contributed by atoms with van der Waals surface area (Å²) < 4.78 is 5.02. The van der Waals surface area contributed by atoms with Crippen molar-refractivity contribution in [3.8, 4) is 5.88 Å². The largest absolute Gasteiger partial charge is 0.479 e. The Hall–Kier alpha value is -1.89. The van der Waals surface area contributed by atoms with Gasteiger partial charge in [0.05, 0.1) is 7.11 Å². The van der Waals surface area contributed by atoms with E-state index in [0.717, 1.165) is 5.69 Å². The Labute approximate surface area is 103 Å². The fourth-order valence-corrected chi connectivity index (χ4v) is 1.94. The van der Waals surface area contributed by atoms with E-state index in [0.29, 0.717) is 21.7 Å². The Morgan fingerprint density at radius 1 is 1.29 bits per heavy atom. The van der Waals surface area contributed by atoms with Gasteiger partial charge in [-0.1, -0.05) is 0 Å². The van der Waals surface area contributed by atoms with Crippen LogP contribution in [0.3, 0.4) is 0 Å². The number of anilines is 1. The lowest BCUT2D eigenvalue weighted by Gasteiger charge is -2.06. The van der Waals surface area contributed by atoms with Gasteiger partial charge in [0.15, 0.2) is 5.16 Å². The van der Waals surface area contributed by atoms with E-state index in [1.807, 2.05) is 13.0 Å². The topological polar surface area (TPSA) is 86.8 Å².